The summed E-state index contributed by atoms with van der Waals surface area (Å²) in [6, 6.07) is 14.8. The Morgan fingerprint density at radius 2 is 1.80 bits per heavy atom. The minimum absolute atomic E-state index is 0.0187. The van der Waals surface area contributed by atoms with Crippen molar-refractivity contribution < 1.29 is 13.9 Å². The second-order valence-corrected chi connectivity index (χ2v) is 5.79. The Morgan fingerprint density at radius 1 is 0.920 bits per heavy atom. The minimum Gasteiger partial charge on any atom is -0.392 e. The van der Waals surface area contributed by atoms with Crippen LogP contribution in [0.1, 0.15) is 5.56 Å². The van der Waals surface area contributed by atoms with Gasteiger partial charge in [0.15, 0.2) is 0 Å². The number of nitrogens with zero attached hydrogens (tertiary/aromatic N) is 2. The van der Waals surface area contributed by atoms with Crippen molar-refractivity contribution >= 4 is 5.65 Å². The van der Waals surface area contributed by atoms with Gasteiger partial charge < -0.3 is 9.51 Å². The number of pyridine rings is 1. The molecule has 0 aliphatic heterocycles. The number of rotatable bonds is 3. The van der Waals surface area contributed by atoms with E-state index in [-0.39, 0.29) is 12.2 Å². The zero-order valence-corrected chi connectivity index (χ0v) is 13.2. The fourth-order valence-electron chi connectivity index (χ4n) is 2.84. The first-order chi connectivity index (χ1) is 12.1. The highest BCUT2D eigenvalue weighted by atomic mass is 19.1. The van der Waals surface area contributed by atoms with Crippen molar-refractivity contribution in [1.29, 1.82) is 0 Å². The van der Waals surface area contributed by atoms with Gasteiger partial charge in [0, 0.05) is 24.0 Å². The van der Waals surface area contributed by atoms with Gasteiger partial charge in [-0.2, -0.15) is 0 Å². The number of benzene rings is 2. The lowest BCUT2D eigenvalue weighted by Crippen LogP contribution is -1.87. The van der Waals surface area contributed by atoms with Crippen LogP contribution in [0, 0.1) is 11.6 Å². The van der Waals surface area contributed by atoms with Crippen molar-refractivity contribution in [2.45, 2.75) is 6.61 Å². The van der Waals surface area contributed by atoms with Crippen LogP contribution in [0.4, 0.5) is 8.78 Å². The van der Waals surface area contributed by atoms with Gasteiger partial charge in [-0.3, -0.25) is 0 Å². The number of fused-ring (bicyclic) bond motifs is 1. The Kier molecular flexibility index (Phi) is 3.78. The summed E-state index contributed by atoms with van der Waals surface area (Å²) in [6.45, 7) is -0.0187. The molecule has 3 nitrogen and oxygen atoms in total. The summed E-state index contributed by atoms with van der Waals surface area (Å²) >= 11 is 0. The molecule has 1 N–H and O–H groups in total. The zero-order chi connectivity index (χ0) is 17.4. The van der Waals surface area contributed by atoms with E-state index in [0.29, 0.717) is 11.3 Å². The third kappa shape index (κ3) is 2.90. The molecule has 0 aliphatic carbocycles. The van der Waals surface area contributed by atoms with E-state index in [1.165, 1.54) is 12.1 Å². The molecule has 2 aromatic carbocycles. The molecule has 25 heavy (non-hydrogen) atoms. The zero-order valence-electron chi connectivity index (χ0n) is 13.2. The monoisotopic (exact) mass is 336 g/mol. The van der Waals surface area contributed by atoms with Crippen molar-refractivity contribution in [3.05, 3.63) is 84.2 Å². The number of imidazole rings is 1. The van der Waals surface area contributed by atoms with Crippen molar-refractivity contribution in [2.24, 2.45) is 0 Å². The van der Waals surface area contributed by atoms with Gasteiger partial charge in [-0.05, 0) is 47.0 Å². The molecule has 4 aromatic rings. The molecule has 5 heteroatoms. The Bertz CT molecular complexity index is 1070. The maximum absolute atomic E-state index is 14.0. The van der Waals surface area contributed by atoms with Crippen LogP contribution in [0.3, 0.4) is 0 Å². The highest BCUT2D eigenvalue weighted by Crippen LogP contribution is 2.26. The summed E-state index contributed by atoms with van der Waals surface area (Å²) in [7, 11) is 0. The van der Waals surface area contributed by atoms with E-state index >= 15 is 0 Å². The maximum atomic E-state index is 14.0. The van der Waals surface area contributed by atoms with Gasteiger partial charge in [0.2, 0.25) is 0 Å². The highest BCUT2D eigenvalue weighted by Gasteiger charge is 2.11. The van der Waals surface area contributed by atoms with Gasteiger partial charge in [0.1, 0.15) is 17.3 Å². The van der Waals surface area contributed by atoms with E-state index in [0.717, 1.165) is 22.8 Å². The molecule has 0 unspecified atom stereocenters. The van der Waals surface area contributed by atoms with Gasteiger partial charge in [0.25, 0.3) is 0 Å². The highest BCUT2D eigenvalue weighted by molar-refractivity contribution is 5.68. The van der Waals surface area contributed by atoms with E-state index in [1.807, 2.05) is 42.6 Å². The number of halogens is 2. The molecule has 2 aromatic heterocycles. The summed E-state index contributed by atoms with van der Waals surface area (Å²) in [5, 5.41) is 9.28. The number of aliphatic hydroxyl groups is 1. The third-order valence-electron chi connectivity index (χ3n) is 4.10. The van der Waals surface area contributed by atoms with Crippen molar-refractivity contribution in [2.75, 3.05) is 0 Å². The second kappa shape index (κ2) is 6.11. The molecule has 0 bridgehead atoms. The molecular formula is C20H14F2N2O. The fourth-order valence-corrected chi connectivity index (χ4v) is 2.84. The molecule has 0 saturated carbocycles. The topological polar surface area (TPSA) is 37.5 Å². The molecule has 0 aliphatic rings. The molecule has 0 spiro atoms. The first-order valence-corrected chi connectivity index (χ1v) is 7.78. The Morgan fingerprint density at radius 3 is 2.60 bits per heavy atom. The van der Waals surface area contributed by atoms with Crippen LogP contribution in [-0.2, 0) is 6.61 Å². The Balaban J connectivity index is 1.79. The molecule has 0 fully saturated rings. The minimum atomic E-state index is -0.640. The van der Waals surface area contributed by atoms with Crippen LogP contribution in [0.25, 0.3) is 28.0 Å². The lowest BCUT2D eigenvalue weighted by atomic mass is 10.1. The number of hydrogen-bond acceptors (Lipinski definition) is 2. The van der Waals surface area contributed by atoms with Gasteiger partial charge in [-0.25, -0.2) is 13.8 Å². The van der Waals surface area contributed by atoms with Gasteiger partial charge in [-0.15, -0.1) is 0 Å². The molecule has 0 saturated heterocycles. The average Bonchev–Trinajstić information content (AvgIpc) is 3.04. The lowest BCUT2D eigenvalue weighted by molar-refractivity contribution is 0.282. The van der Waals surface area contributed by atoms with Gasteiger partial charge >= 0.3 is 0 Å². The predicted octanol–water partition coefficient (Wildman–Crippen LogP) is 4.44. The summed E-state index contributed by atoms with van der Waals surface area (Å²) in [5.41, 5.74) is 4.12. The standard InChI is InChI=1S/C20H14F2N2O/c21-16-5-6-17(18(22)9-16)19-11-24-10-15(4-7-20(24)23-19)14-3-1-2-13(8-14)12-25/h1-11,25H,12H2. The molecular weight excluding hydrogens is 322 g/mol. The molecule has 2 heterocycles. The number of aliphatic hydroxyl groups excluding tert-OH is 1. The van der Waals surface area contributed by atoms with Crippen LogP contribution < -0.4 is 0 Å². The normalized spacial score (nSPS) is 11.2. The quantitative estimate of drug-likeness (QED) is 0.601. The smallest absolute Gasteiger partial charge is 0.137 e. The van der Waals surface area contributed by atoms with Crippen molar-refractivity contribution in [3.8, 4) is 22.4 Å². The first kappa shape index (κ1) is 15.5. The predicted molar refractivity (Wildman–Crippen MR) is 91.9 cm³/mol. The van der Waals surface area contributed by atoms with Crippen molar-refractivity contribution in [1.82, 2.24) is 9.38 Å². The summed E-state index contributed by atoms with van der Waals surface area (Å²) in [6.07, 6.45) is 3.61. The number of hydrogen-bond donors (Lipinski definition) is 1. The van der Waals surface area contributed by atoms with E-state index in [9.17, 15) is 13.9 Å². The third-order valence-corrected chi connectivity index (χ3v) is 4.10. The van der Waals surface area contributed by atoms with E-state index in [1.54, 1.807) is 10.6 Å². The van der Waals surface area contributed by atoms with Gasteiger partial charge in [0.05, 0.1) is 12.3 Å². The summed E-state index contributed by atoms with van der Waals surface area (Å²) in [4.78, 5) is 4.40. The molecule has 0 amide bonds. The van der Waals surface area contributed by atoms with Crippen LogP contribution in [0.5, 0.6) is 0 Å². The molecule has 124 valence electrons. The summed E-state index contributed by atoms with van der Waals surface area (Å²) < 4.78 is 28.9. The second-order valence-electron chi connectivity index (χ2n) is 5.79. The molecule has 0 atom stereocenters. The first-order valence-electron chi connectivity index (χ1n) is 7.78. The fraction of sp³-hybridized carbons (Fsp3) is 0.0500. The molecule has 0 radical (unpaired) electrons. The van der Waals surface area contributed by atoms with E-state index in [2.05, 4.69) is 4.98 Å². The van der Waals surface area contributed by atoms with Gasteiger partial charge in [-0.1, -0.05) is 18.2 Å². The van der Waals surface area contributed by atoms with Crippen LogP contribution in [0.15, 0.2) is 67.0 Å². The SMILES string of the molecule is OCc1cccc(-c2ccc3nc(-c4ccc(F)cc4F)cn3c2)c1. The van der Waals surface area contributed by atoms with Crippen LogP contribution >= 0.6 is 0 Å². The Hall–Kier alpha value is -3.05. The van der Waals surface area contributed by atoms with Crippen LogP contribution in [-0.4, -0.2) is 14.5 Å². The largest absolute Gasteiger partial charge is 0.392 e. The number of aromatic nitrogens is 2. The lowest BCUT2D eigenvalue weighted by Gasteiger charge is -2.04. The molecule has 4 rings (SSSR count). The maximum Gasteiger partial charge on any atom is 0.137 e. The van der Waals surface area contributed by atoms with Crippen molar-refractivity contribution in [3.63, 3.8) is 0 Å². The summed E-state index contributed by atoms with van der Waals surface area (Å²) in [5.74, 6) is -1.25. The van der Waals surface area contributed by atoms with E-state index < -0.39 is 11.6 Å². The van der Waals surface area contributed by atoms with E-state index in [4.69, 9.17) is 0 Å². The average molecular weight is 336 g/mol. The van der Waals surface area contributed by atoms with Crippen LogP contribution in [0.2, 0.25) is 0 Å². The Labute approximate surface area is 142 Å².